The molecule has 0 bridgehead atoms. The summed E-state index contributed by atoms with van der Waals surface area (Å²) >= 11 is 0. The highest BCUT2D eigenvalue weighted by atomic mass is 16.2. The molecule has 1 unspecified atom stereocenters. The van der Waals surface area contributed by atoms with Crippen LogP contribution >= 0.6 is 0 Å². The molecule has 0 aromatic rings. The fourth-order valence-corrected chi connectivity index (χ4v) is 0.592. The van der Waals surface area contributed by atoms with Gasteiger partial charge in [-0.1, -0.05) is 13.8 Å². The SMILES string of the molecule is [CH2]CC(N)(CC)C(=O)C=O. The summed E-state index contributed by atoms with van der Waals surface area (Å²) < 4.78 is 0. The molecule has 0 aliphatic rings. The minimum Gasteiger partial charge on any atom is -0.319 e. The van der Waals surface area contributed by atoms with Gasteiger partial charge in [-0.25, -0.2) is 0 Å². The predicted octanol–water partition coefficient (Wildman–Crippen LogP) is 0.0861. The second-order valence-corrected chi connectivity index (χ2v) is 2.24. The van der Waals surface area contributed by atoms with Gasteiger partial charge >= 0.3 is 0 Å². The molecule has 0 rings (SSSR count). The lowest BCUT2D eigenvalue weighted by Gasteiger charge is -2.21. The Labute approximate surface area is 60.6 Å². The van der Waals surface area contributed by atoms with E-state index in [1.54, 1.807) is 6.92 Å². The third-order valence-electron chi connectivity index (χ3n) is 1.67. The zero-order valence-corrected chi connectivity index (χ0v) is 6.09. The molecule has 0 aromatic carbocycles. The van der Waals surface area contributed by atoms with E-state index >= 15 is 0 Å². The van der Waals surface area contributed by atoms with Crippen LogP contribution in [0.4, 0.5) is 0 Å². The van der Waals surface area contributed by atoms with Crippen LogP contribution in [0.5, 0.6) is 0 Å². The number of nitrogens with two attached hydrogens (primary N) is 1. The van der Waals surface area contributed by atoms with Gasteiger partial charge in [0.2, 0.25) is 5.78 Å². The molecule has 0 aliphatic carbocycles. The third kappa shape index (κ3) is 1.64. The van der Waals surface area contributed by atoms with E-state index in [1.807, 2.05) is 0 Å². The van der Waals surface area contributed by atoms with Gasteiger partial charge in [0.05, 0.1) is 5.54 Å². The molecule has 1 atom stereocenters. The smallest absolute Gasteiger partial charge is 0.214 e. The summed E-state index contributed by atoms with van der Waals surface area (Å²) in [6, 6.07) is 0. The van der Waals surface area contributed by atoms with Crippen molar-refractivity contribution in [2.45, 2.75) is 25.3 Å². The molecule has 3 nitrogen and oxygen atoms in total. The maximum absolute atomic E-state index is 10.8. The number of hydrogen-bond acceptors (Lipinski definition) is 3. The Bertz CT molecular complexity index is 139. The number of rotatable bonds is 4. The standard InChI is InChI=1S/C7H12NO2/c1-3-7(8,4-2)6(10)5-9/h5H,1,3-4,8H2,2H3. The Kier molecular flexibility index (Phi) is 3.22. The molecular weight excluding hydrogens is 130 g/mol. The van der Waals surface area contributed by atoms with Gasteiger partial charge in [-0.15, -0.1) is 0 Å². The number of ketones is 1. The Morgan fingerprint density at radius 1 is 1.80 bits per heavy atom. The highest BCUT2D eigenvalue weighted by molar-refractivity contribution is 6.29. The fraction of sp³-hybridized carbons (Fsp3) is 0.571. The summed E-state index contributed by atoms with van der Waals surface area (Å²) in [4.78, 5) is 20.8. The highest BCUT2D eigenvalue weighted by Crippen LogP contribution is 2.10. The first kappa shape index (κ1) is 9.30. The number of Topliss-reactive ketones (excluding diaryl/α,β-unsaturated/α-hetero) is 1. The van der Waals surface area contributed by atoms with Crippen LogP contribution in [0.1, 0.15) is 19.8 Å². The zero-order valence-electron chi connectivity index (χ0n) is 6.09. The Hall–Kier alpha value is -0.700. The first-order valence-corrected chi connectivity index (χ1v) is 3.18. The lowest BCUT2D eigenvalue weighted by molar-refractivity contribution is -0.133. The van der Waals surface area contributed by atoms with Gasteiger partial charge in [-0.3, -0.25) is 9.59 Å². The molecule has 0 saturated heterocycles. The van der Waals surface area contributed by atoms with Gasteiger partial charge in [0, 0.05) is 0 Å². The number of aldehydes is 1. The minimum atomic E-state index is -1.03. The topological polar surface area (TPSA) is 60.2 Å². The second-order valence-electron chi connectivity index (χ2n) is 2.24. The monoisotopic (exact) mass is 142 g/mol. The number of hydrogen-bond donors (Lipinski definition) is 1. The van der Waals surface area contributed by atoms with Crippen LogP contribution in [0.2, 0.25) is 0 Å². The Morgan fingerprint density at radius 3 is 2.40 bits per heavy atom. The van der Waals surface area contributed by atoms with Crippen molar-refractivity contribution in [2.75, 3.05) is 0 Å². The number of carbonyl (C=O) groups is 2. The van der Waals surface area contributed by atoms with E-state index in [1.165, 1.54) is 0 Å². The van der Waals surface area contributed by atoms with E-state index < -0.39 is 11.3 Å². The van der Waals surface area contributed by atoms with E-state index in [0.29, 0.717) is 6.42 Å². The summed E-state index contributed by atoms with van der Waals surface area (Å²) in [6.07, 6.45) is 0.976. The van der Waals surface area contributed by atoms with Crippen molar-refractivity contribution < 1.29 is 9.59 Å². The van der Waals surface area contributed by atoms with E-state index in [9.17, 15) is 9.59 Å². The molecule has 3 heteroatoms. The highest BCUT2D eigenvalue weighted by Gasteiger charge is 2.28. The van der Waals surface area contributed by atoms with Gasteiger partial charge in [0.1, 0.15) is 0 Å². The number of carbonyl (C=O) groups excluding carboxylic acids is 2. The van der Waals surface area contributed by atoms with Crippen molar-refractivity contribution >= 4 is 12.1 Å². The van der Waals surface area contributed by atoms with E-state index in [-0.39, 0.29) is 12.7 Å². The second kappa shape index (κ2) is 3.46. The average Bonchev–Trinajstić information content (AvgIpc) is 2.01. The predicted molar refractivity (Wildman–Crippen MR) is 38.3 cm³/mol. The molecule has 10 heavy (non-hydrogen) atoms. The first-order chi connectivity index (χ1) is 4.60. The van der Waals surface area contributed by atoms with Crippen molar-refractivity contribution in [3.63, 3.8) is 0 Å². The van der Waals surface area contributed by atoms with Crippen LogP contribution < -0.4 is 5.73 Å². The van der Waals surface area contributed by atoms with Crippen molar-refractivity contribution in [1.82, 2.24) is 0 Å². The van der Waals surface area contributed by atoms with Gasteiger partial charge in [-0.05, 0) is 12.8 Å². The Balaban J connectivity index is 4.31. The molecule has 0 amide bonds. The maximum atomic E-state index is 10.8. The molecule has 57 valence electrons. The lowest BCUT2D eigenvalue weighted by atomic mass is 9.90. The molecule has 2 N–H and O–H groups in total. The molecule has 0 spiro atoms. The van der Waals surface area contributed by atoms with Gasteiger partial charge in [0.25, 0.3) is 0 Å². The van der Waals surface area contributed by atoms with Crippen molar-refractivity contribution in [2.24, 2.45) is 5.73 Å². The fourth-order valence-electron chi connectivity index (χ4n) is 0.592. The molecule has 1 radical (unpaired) electrons. The van der Waals surface area contributed by atoms with E-state index in [2.05, 4.69) is 6.92 Å². The molecule has 0 fully saturated rings. The van der Waals surface area contributed by atoms with Crippen LogP contribution in [-0.2, 0) is 9.59 Å². The third-order valence-corrected chi connectivity index (χ3v) is 1.67. The van der Waals surface area contributed by atoms with Crippen molar-refractivity contribution in [1.29, 1.82) is 0 Å². The lowest BCUT2D eigenvalue weighted by Crippen LogP contribution is -2.47. The quantitative estimate of drug-likeness (QED) is 0.447. The van der Waals surface area contributed by atoms with Crippen molar-refractivity contribution in [3.8, 4) is 0 Å². The molecule has 0 saturated carbocycles. The molecule has 0 heterocycles. The van der Waals surface area contributed by atoms with Crippen LogP contribution in [-0.4, -0.2) is 17.6 Å². The largest absolute Gasteiger partial charge is 0.319 e. The van der Waals surface area contributed by atoms with E-state index in [0.717, 1.165) is 0 Å². The van der Waals surface area contributed by atoms with Gasteiger partial charge < -0.3 is 5.73 Å². The molecule has 0 aliphatic heterocycles. The van der Waals surface area contributed by atoms with Crippen LogP contribution in [0.25, 0.3) is 0 Å². The summed E-state index contributed by atoms with van der Waals surface area (Å²) in [5.74, 6) is -0.565. The van der Waals surface area contributed by atoms with Gasteiger partial charge in [-0.2, -0.15) is 0 Å². The van der Waals surface area contributed by atoms with Crippen LogP contribution in [0.3, 0.4) is 0 Å². The average molecular weight is 142 g/mol. The summed E-state index contributed by atoms with van der Waals surface area (Å²) in [6.45, 7) is 5.25. The summed E-state index contributed by atoms with van der Waals surface area (Å²) in [7, 11) is 0. The van der Waals surface area contributed by atoms with Crippen LogP contribution in [0.15, 0.2) is 0 Å². The summed E-state index contributed by atoms with van der Waals surface area (Å²) in [5.41, 5.74) is 4.48. The van der Waals surface area contributed by atoms with Crippen LogP contribution in [0, 0.1) is 6.92 Å². The van der Waals surface area contributed by atoms with Crippen molar-refractivity contribution in [3.05, 3.63) is 6.92 Å². The molecule has 0 aromatic heterocycles. The maximum Gasteiger partial charge on any atom is 0.214 e. The Morgan fingerprint density at radius 2 is 2.30 bits per heavy atom. The summed E-state index contributed by atoms with van der Waals surface area (Å²) in [5, 5.41) is 0. The van der Waals surface area contributed by atoms with E-state index in [4.69, 9.17) is 5.73 Å². The zero-order chi connectivity index (χ0) is 8.20. The molecular formula is C7H12NO2. The first-order valence-electron chi connectivity index (χ1n) is 3.18. The normalized spacial score (nSPS) is 11.1. The minimum absolute atomic E-state index is 0.259. The van der Waals surface area contributed by atoms with Gasteiger partial charge in [0.15, 0.2) is 6.29 Å².